The van der Waals surface area contributed by atoms with E-state index in [0.717, 1.165) is 11.3 Å². The fraction of sp³-hybridized carbons (Fsp3) is 0.154. The van der Waals surface area contributed by atoms with E-state index >= 15 is 0 Å². The standard InChI is InChI=1S/C26H24N2O3S/c1-26(2,3)18-13-15-20(16-14-18)32(30,31)28-23-17-24(27-19-9-5-4-6-10-19)25(29)22-12-8-7-11-21(22)23/h4-17,27H,1-3H3. The molecule has 162 valence electrons. The first kappa shape index (κ1) is 21.7. The van der Waals surface area contributed by atoms with Crippen LogP contribution in [-0.4, -0.2) is 19.9 Å². The maximum atomic E-state index is 13.1. The van der Waals surface area contributed by atoms with Gasteiger partial charge in [-0.25, -0.2) is 0 Å². The third kappa shape index (κ3) is 4.41. The van der Waals surface area contributed by atoms with Crippen LogP contribution in [0, 0.1) is 0 Å². The molecule has 0 saturated carbocycles. The summed E-state index contributed by atoms with van der Waals surface area (Å²) in [7, 11) is -3.97. The molecule has 0 spiro atoms. The van der Waals surface area contributed by atoms with Gasteiger partial charge in [-0.15, -0.1) is 0 Å². The number of fused-ring (bicyclic) bond motifs is 1. The van der Waals surface area contributed by atoms with Gasteiger partial charge < -0.3 is 5.32 Å². The Hall–Kier alpha value is -3.51. The second kappa shape index (κ2) is 8.20. The number of rotatable bonds is 4. The lowest BCUT2D eigenvalue weighted by Crippen LogP contribution is -2.22. The van der Waals surface area contributed by atoms with Gasteiger partial charge in [0.25, 0.3) is 10.0 Å². The Morgan fingerprint density at radius 2 is 1.38 bits per heavy atom. The number of hydrogen-bond donors (Lipinski definition) is 1. The second-order valence-electron chi connectivity index (χ2n) is 8.65. The largest absolute Gasteiger partial charge is 0.352 e. The molecule has 0 amide bonds. The molecule has 6 heteroatoms. The van der Waals surface area contributed by atoms with Crippen LogP contribution in [0.1, 0.15) is 42.3 Å². The van der Waals surface area contributed by atoms with E-state index in [-0.39, 0.29) is 27.5 Å². The number of ketones is 1. The first-order chi connectivity index (χ1) is 15.1. The predicted octanol–water partition coefficient (Wildman–Crippen LogP) is 5.35. The molecule has 0 unspecified atom stereocenters. The molecule has 0 bridgehead atoms. The number of allylic oxidation sites excluding steroid dienone is 2. The van der Waals surface area contributed by atoms with Crippen LogP contribution in [0.15, 0.2) is 99.9 Å². The van der Waals surface area contributed by atoms with Gasteiger partial charge in [0.15, 0.2) is 0 Å². The van der Waals surface area contributed by atoms with E-state index in [1.807, 2.05) is 42.5 Å². The van der Waals surface area contributed by atoms with Gasteiger partial charge in [-0.2, -0.15) is 12.8 Å². The predicted molar refractivity (Wildman–Crippen MR) is 128 cm³/mol. The molecule has 32 heavy (non-hydrogen) atoms. The summed E-state index contributed by atoms with van der Waals surface area (Å²) >= 11 is 0. The summed E-state index contributed by atoms with van der Waals surface area (Å²) in [6.07, 6.45) is 1.50. The van der Waals surface area contributed by atoms with Crippen LogP contribution in [0.25, 0.3) is 0 Å². The SMILES string of the molecule is CC(C)(C)c1ccc(S(=O)(=O)N=C2C=C(Nc3ccccc3)C(=O)c3ccccc32)cc1. The number of benzene rings is 3. The van der Waals surface area contributed by atoms with Crippen LogP contribution < -0.4 is 5.32 Å². The summed E-state index contributed by atoms with van der Waals surface area (Å²) in [5.74, 6) is -0.213. The summed E-state index contributed by atoms with van der Waals surface area (Å²) in [5.41, 5.74) is 3.07. The molecule has 5 nitrogen and oxygen atoms in total. The van der Waals surface area contributed by atoms with Gasteiger partial charge in [0.1, 0.15) is 0 Å². The van der Waals surface area contributed by atoms with Crippen molar-refractivity contribution in [3.63, 3.8) is 0 Å². The molecule has 4 rings (SSSR count). The van der Waals surface area contributed by atoms with Crippen molar-refractivity contribution in [1.82, 2.24) is 0 Å². The fourth-order valence-corrected chi connectivity index (χ4v) is 4.48. The number of sulfonamides is 1. The summed E-state index contributed by atoms with van der Waals surface area (Å²) in [4.78, 5) is 13.1. The van der Waals surface area contributed by atoms with Crippen molar-refractivity contribution >= 4 is 27.2 Å². The number of nitrogens with zero attached hydrogens (tertiary/aromatic N) is 1. The smallest absolute Gasteiger partial charge is 0.282 e. The highest BCUT2D eigenvalue weighted by Gasteiger charge is 2.26. The Labute approximate surface area is 188 Å². The third-order valence-electron chi connectivity index (χ3n) is 5.26. The van der Waals surface area contributed by atoms with E-state index in [9.17, 15) is 13.2 Å². The van der Waals surface area contributed by atoms with Crippen LogP contribution in [0.2, 0.25) is 0 Å². The highest BCUT2D eigenvalue weighted by atomic mass is 32.2. The molecule has 0 saturated heterocycles. The van der Waals surface area contributed by atoms with Crippen LogP contribution in [-0.2, 0) is 15.4 Å². The zero-order valence-corrected chi connectivity index (χ0v) is 19.0. The summed E-state index contributed by atoms with van der Waals surface area (Å²) < 4.78 is 30.3. The van der Waals surface area contributed by atoms with Crippen LogP contribution >= 0.6 is 0 Å². The van der Waals surface area contributed by atoms with Gasteiger partial charge in [-0.1, -0.05) is 75.4 Å². The van der Waals surface area contributed by atoms with E-state index in [0.29, 0.717) is 11.1 Å². The van der Waals surface area contributed by atoms with Gasteiger partial charge in [-0.3, -0.25) is 4.79 Å². The molecule has 0 heterocycles. The van der Waals surface area contributed by atoms with Gasteiger partial charge >= 0.3 is 0 Å². The normalized spacial score (nSPS) is 15.3. The van der Waals surface area contributed by atoms with Crippen LogP contribution in [0.4, 0.5) is 5.69 Å². The number of nitrogens with one attached hydrogen (secondary N) is 1. The van der Waals surface area contributed by atoms with E-state index < -0.39 is 10.0 Å². The number of anilines is 1. The zero-order valence-electron chi connectivity index (χ0n) is 18.2. The Kier molecular flexibility index (Phi) is 5.57. The van der Waals surface area contributed by atoms with E-state index in [1.54, 1.807) is 36.4 Å². The number of carbonyl (C=O) groups is 1. The maximum Gasteiger partial charge on any atom is 0.282 e. The molecule has 3 aromatic rings. The number of Topliss-reactive ketones (excluding diaryl/α,β-unsaturated/α-hetero) is 1. The monoisotopic (exact) mass is 444 g/mol. The first-order valence-electron chi connectivity index (χ1n) is 10.3. The van der Waals surface area contributed by atoms with Crippen molar-refractivity contribution in [3.8, 4) is 0 Å². The topological polar surface area (TPSA) is 75.6 Å². The lowest BCUT2D eigenvalue weighted by Gasteiger charge is -2.19. The lowest BCUT2D eigenvalue weighted by molar-refractivity contribution is 0.103. The van der Waals surface area contributed by atoms with Crippen molar-refractivity contribution in [2.45, 2.75) is 31.1 Å². The second-order valence-corrected chi connectivity index (χ2v) is 10.3. The Bertz CT molecular complexity index is 1330. The summed E-state index contributed by atoms with van der Waals surface area (Å²) in [5, 5.41) is 3.09. The Morgan fingerprint density at radius 3 is 2.00 bits per heavy atom. The van der Waals surface area contributed by atoms with E-state index in [4.69, 9.17) is 0 Å². The van der Waals surface area contributed by atoms with Crippen molar-refractivity contribution in [3.05, 3.63) is 107 Å². The van der Waals surface area contributed by atoms with Gasteiger partial charge in [0, 0.05) is 16.8 Å². The maximum absolute atomic E-state index is 13.1. The number of carbonyl (C=O) groups excluding carboxylic acids is 1. The molecular weight excluding hydrogens is 420 g/mol. The van der Waals surface area contributed by atoms with Crippen molar-refractivity contribution < 1.29 is 13.2 Å². The highest BCUT2D eigenvalue weighted by molar-refractivity contribution is 7.90. The van der Waals surface area contributed by atoms with Gasteiger partial charge in [-0.05, 0) is 41.3 Å². The fourth-order valence-electron chi connectivity index (χ4n) is 3.48. The van der Waals surface area contributed by atoms with E-state index in [2.05, 4.69) is 30.5 Å². The van der Waals surface area contributed by atoms with Gasteiger partial charge in [0.2, 0.25) is 5.78 Å². The average Bonchev–Trinajstić information content (AvgIpc) is 2.77. The Morgan fingerprint density at radius 1 is 0.781 bits per heavy atom. The molecular formula is C26H24N2O3S. The average molecular weight is 445 g/mol. The van der Waals surface area contributed by atoms with Crippen molar-refractivity contribution in [1.29, 1.82) is 0 Å². The molecule has 3 aromatic carbocycles. The summed E-state index contributed by atoms with van der Waals surface area (Å²) in [6.45, 7) is 6.20. The minimum atomic E-state index is -3.97. The molecule has 0 radical (unpaired) electrons. The van der Waals surface area contributed by atoms with Crippen molar-refractivity contribution in [2.75, 3.05) is 5.32 Å². The first-order valence-corrected chi connectivity index (χ1v) is 11.7. The molecule has 1 aliphatic rings. The molecule has 1 aliphatic carbocycles. The quantitative estimate of drug-likeness (QED) is 0.588. The van der Waals surface area contributed by atoms with E-state index in [1.165, 1.54) is 6.08 Å². The van der Waals surface area contributed by atoms with Crippen LogP contribution in [0.5, 0.6) is 0 Å². The minimum absolute atomic E-state index is 0.0857. The molecule has 0 atom stereocenters. The molecule has 0 aromatic heterocycles. The molecule has 1 N–H and O–H groups in total. The van der Waals surface area contributed by atoms with Crippen LogP contribution in [0.3, 0.4) is 0 Å². The number of hydrogen-bond acceptors (Lipinski definition) is 4. The summed E-state index contributed by atoms with van der Waals surface area (Å²) in [6, 6.07) is 22.9. The number of para-hydroxylation sites is 1. The van der Waals surface area contributed by atoms with Crippen molar-refractivity contribution in [2.24, 2.45) is 4.40 Å². The Balaban J connectivity index is 1.77. The molecule has 0 aliphatic heterocycles. The highest BCUT2D eigenvalue weighted by Crippen LogP contribution is 2.27. The zero-order chi connectivity index (χ0) is 22.9. The minimum Gasteiger partial charge on any atom is -0.352 e. The molecule has 0 fully saturated rings. The third-order valence-corrected chi connectivity index (χ3v) is 6.57. The lowest BCUT2D eigenvalue weighted by atomic mass is 9.87. The van der Waals surface area contributed by atoms with Gasteiger partial charge in [0.05, 0.1) is 16.3 Å².